The van der Waals surface area contributed by atoms with Crippen molar-refractivity contribution < 1.29 is 22.7 Å². The van der Waals surface area contributed by atoms with Crippen LogP contribution in [-0.2, 0) is 19.6 Å². The van der Waals surface area contributed by atoms with Crippen molar-refractivity contribution in [2.75, 3.05) is 5.32 Å². The lowest BCUT2D eigenvalue weighted by molar-refractivity contribution is -0.123. The highest BCUT2D eigenvalue weighted by atomic mass is 35.5. The largest absolute Gasteiger partial charge is 0.449 e. The highest BCUT2D eigenvalue weighted by Crippen LogP contribution is 2.23. The van der Waals surface area contributed by atoms with Gasteiger partial charge in [-0.05, 0) is 49.4 Å². The number of primary sulfonamides is 1. The number of sulfonamides is 1. The number of carbonyl (C=O) groups is 2. The minimum atomic E-state index is -3.82. The van der Waals surface area contributed by atoms with E-state index in [1.165, 1.54) is 49.4 Å². The highest BCUT2D eigenvalue weighted by Gasteiger charge is 2.20. The Balaban J connectivity index is 2.00. The van der Waals surface area contributed by atoms with E-state index in [0.717, 1.165) is 0 Å². The normalized spacial score (nSPS) is 12.3. The second-order valence-corrected chi connectivity index (χ2v) is 7.61. The third-order valence-corrected chi connectivity index (χ3v) is 4.93. The van der Waals surface area contributed by atoms with Crippen molar-refractivity contribution in [3.63, 3.8) is 0 Å². The van der Waals surface area contributed by atoms with Gasteiger partial charge in [0.25, 0.3) is 5.91 Å². The van der Waals surface area contributed by atoms with Gasteiger partial charge >= 0.3 is 5.97 Å². The number of halogens is 2. The van der Waals surface area contributed by atoms with Crippen molar-refractivity contribution in [3.05, 3.63) is 58.1 Å². The van der Waals surface area contributed by atoms with Crippen molar-refractivity contribution >= 4 is 50.8 Å². The molecule has 2 aromatic carbocycles. The number of hydrogen-bond acceptors (Lipinski definition) is 5. The molecule has 0 saturated carbocycles. The second kappa shape index (κ2) is 8.05. The monoisotopic (exact) mass is 416 g/mol. The van der Waals surface area contributed by atoms with E-state index in [1.54, 1.807) is 0 Å². The molecule has 2 aromatic rings. The summed E-state index contributed by atoms with van der Waals surface area (Å²) in [6.45, 7) is 1.39. The van der Waals surface area contributed by atoms with Gasteiger partial charge in [0.15, 0.2) is 6.10 Å². The van der Waals surface area contributed by atoms with Gasteiger partial charge in [-0.3, -0.25) is 4.79 Å². The second-order valence-electron chi connectivity index (χ2n) is 5.24. The molecule has 0 bridgehead atoms. The number of rotatable bonds is 5. The standard InChI is InChI=1S/C16H14Cl2N2O5S/c1-9(25-16(22)10-2-7-13(17)14(18)8-10)15(21)20-11-3-5-12(6-4-11)26(19,23)24/h2-9H,1H3,(H,20,21)(H2,19,23,24)/t9-/m1/s1. The molecule has 0 unspecified atom stereocenters. The zero-order chi connectivity index (χ0) is 19.5. The van der Waals surface area contributed by atoms with E-state index in [9.17, 15) is 18.0 Å². The Morgan fingerprint density at radius 3 is 2.23 bits per heavy atom. The number of nitrogens with one attached hydrogen (secondary N) is 1. The summed E-state index contributed by atoms with van der Waals surface area (Å²) in [5, 5.41) is 7.97. The third kappa shape index (κ3) is 5.18. The Hall–Kier alpha value is -2.13. The molecule has 0 radical (unpaired) electrons. The number of nitrogens with two attached hydrogens (primary N) is 1. The average molecular weight is 417 g/mol. The SMILES string of the molecule is C[C@@H](OC(=O)c1ccc(Cl)c(Cl)c1)C(=O)Nc1ccc(S(N)(=O)=O)cc1. The molecular weight excluding hydrogens is 403 g/mol. The Morgan fingerprint density at radius 2 is 1.69 bits per heavy atom. The lowest BCUT2D eigenvalue weighted by Gasteiger charge is -2.14. The fraction of sp³-hybridized carbons (Fsp3) is 0.125. The van der Waals surface area contributed by atoms with E-state index in [-0.39, 0.29) is 20.5 Å². The number of hydrogen-bond donors (Lipinski definition) is 2. The van der Waals surface area contributed by atoms with Gasteiger partial charge in [-0.25, -0.2) is 18.4 Å². The zero-order valence-corrected chi connectivity index (χ0v) is 15.7. The quantitative estimate of drug-likeness (QED) is 0.726. The molecule has 7 nitrogen and oxygen atoms in total. The van der Waals surface area contributed by atoms with E-state index in [4.69, 9.17) is 33.1 Å². The number of carbonyl (C=O) groups excluding carboxylic acids is 2. The molecule has 0 heterocycles. The maximum atomic E-state index is 12.1. The molecule has 10 heteroatoms. The predicted molar refractivity (Wildman–Crippen MR) is 97.8 cm³/mol. The van der Waals surface area contributed by atoms with Crippen LogP contribution in [0.15, 0.2) is 47.4 Å². The maximum Gasteiger partial charge on any atom is 0.338 e. The number of amides is 1. The number of anilines is 1. The molecule has 1 atom stereocenters. The summed E-state index contributed by atoms with van der Waals surface area (Å²) in [4.78, 5) is 24.1. The Bertz CT molecular complexity index is 946. The van der Waals surface area contributed by atoms with Crippen molar-refractivity contribution in [1.29, 1.82) is 0 Å². The van der Waals surface area contributed by atoms with Crippen LogP contribution in [0, 0.1) is 0 Å². The Kier molecular flexibility index (Phi) is 6.25. The summed E-state index contributed by atoms with van der Waals surface area (Å²) < 4.78 is 27.5. The average Bonchev–Trinajstić information content (AvgIpc) is 2.56. The molecule has 0 spiro atoms. The molecule has 0 aromatic heterocycles. The van der Waals surface area contributed by atoms with Crippen LogP contribution in [0.1, 0.15) is 17.3 Å². The highest BCUT2D eigenvalue weighted by molar-refractivity contribution is 7.89. The van der Waals surface area contributed by atoms with E-state index in [1.807, 2.05) is 0 Å². The predicted octanol–water partition coefficient (Wildman–Crippen LogP) is 2.82. The van der Waals surface area contributed by atoms with E-state index >= 15 is 0 Å². The molecule has 26 heavy (non-hydrogen) atoms. The topological polar surface area (TPSA) is 116 Å². The summed E-state index contributed by atoms with van der Waals surface area (Å²) in [5.74, 6) is -1.34. The Labute approximate surface area is 160 Å². The molecular formula is C16H14Cl2N2O5S. The van der Waals surface area contributed by atoms with Crippen LogP contribution < -0.4 is 10.5 Å². The van der Waals surface area contributed by atoms with Crippen molar-refractivity contribution in [2.24, 2.45) is 5.14 Å². The lowest BCUT2D eigenvalue weighted by atomic mass is 10.2. The van der Waals surface area contributed by atoms with Gasteiger partial charge < -0.3 is 10.1 Å². The first kappa shape index (κ1) is 20.2. The molecule has 0 fully saturated rings. The van der Waals surface area contributed by atoms with Crippen LogP contribution in [-0.4, -0.2) is 26.4 Å². The first-order valence-corrected chi connectivity index (χ1v) is 9.48. The molecule has 3 N–H and O–H groups in total. The molecule has 1 amide bonds. The molecule has 138 valence electrons. The van der Waals surface area contributed by atoms with Gasteiger partial charge in [-0.15, -0.1) is 0 Å². The van der Waals surface area contributed by atoms with E-state index in [2.05, 4.69) is 5.32 Å². The van der Waals surface area contributed by atoms with E-state index in [0.29, 0.717) is 5.69 Å². The summed E-state index contributed by atoms with van der Waals surface area (Å²) in [6, 6.07) is 9.43. The summed E-state index contributed by atoms with van der Waals surface area (Å²) in [7, 11) is -3.82. The fourth-order valence-corrected chi connectivity index (χ4v) is 2.69. The molecule has 0 saturated heterocycles. The first-order chi connectivity index (χ1) is 12.1. The van der Waals surface area contributed by atoms with Crippen molar-refractivity contribution in [3.8, 4) is 0 Å². The molecule has 0 aliphatic heterocycles. The van der Waals surface area contributed by atoms with Crippen LogP contribution in [0.3, 0.4) is 0 Å². The van der Waals surface area contributed by atoms with Gasteiger partial charge in [0.2, 0.25) is 10.0 Å². The maximum absolute atomic E-state index is 12.1. The molecule has 2 rings (SSSR count). The number of esters is 1. The zero-order valence-electron chi connectivity index (χ0n) is 13.4. The number of ether oxygens (including phenoxy) is 1. The minimum absolute atomic E-state index is 0.0883. The van der Waals surface area contributed by atoms with Gasteiger partial charge in [0.05, 0.1) is 20.5 Å². The summed E-state index contributed by atoms with van der Waals surface area (Å²) >= 11 is 11.6. The lowest BCUT2D eigenvalue weighted by Crippen LogP contribution is -2.30. The molecule has 0 aliphatic rings. The third-order valence-electron chi connectivity index (χ3n) is 3.26. The molecule has 0 aliphatic carbocycles. The Morgan fingerprint density at radius 1 is 1.08 bits per heavy atom. The number of benzene rings is 2. The van der Waals surface area contributed by atoms with Gasteiger partial charge in [0, 0.05) is 5.69 Å². The first-order valence-electron chi connectivity index (χ1n) is 7.17. The summed E-state index contributed by atoms with van der Waals surface area (Å²) in [6.07, 6.45) is -1.10. The van der Waals surface area contributed by atoms with Crippen LogP contribution in [0.25, 0.3) is 0 Å². The van der Waals surface area contributed by atoms with E-state index < -0.39 is 28.0 Å². The van der Waals surface area contributed by atoms with Gasteiger partial charge in [0.1, 0.15) is 0 Å². The van der Waals surface area contributed by atoms with Crippen LogP contribution in [0.4, 0.5) is 5.69 Å². The van der Waals surface area contributed by atoms with Crippen LogP contribution in [0.5, 0.6) is 0 Å². The fourth-order valence-electron chi connectivity index (χ4n) is 1.88. The van der Waals surface area contributed by atoms with Crippen LogP contribution >= 0.6 is 23.2 Å². The van der Waals surface area contributed by atoms with Crippen molar-refractivity contribution in [1.82, 2.24) is 0 Å². The van der Waals surface area contributed by atoms with Gasteiger partial charge in [-0.1, -0.05) is 23.2 Å². The van der Waals surface area contributed by atoms with Gasteiger partial charge in [-0.2, -0.15) is 0 Å². The smallest absolute Gasteiger partial charge is 0.338 e. The van der Waals surface area contributed by atoms with Crippen molar-refractivity contribution in [2.45, 2.75) is 17.9 Å². The summed E-state index contributed by atoms with van der Waals surface area (Å²) in [5.41, 5.74) is 0.469. The van der Waals surface area contributed by atoms with Crippen LogP contribution in [0.2, 0.25) is 10.0 Å². The minimum Gasteiger partial charge on any atom is -0.449 e.